The van der Waals surface area contributed by atoms with E-state index in [1.165, 1.54) is 0 Å². The third-order valence-electron chi connectivity index (χ3n) is 3.41. The van der Waals surface area contributed by atoms with Crippen molar-refractivity contribution < 1.29 is 4.42 Å². The smallest absolute Gasteiger partial charge is 0.372 e. The van der Waals surface area contributed by atoms with Gasteiger partial charge >= 0.3 is 11.4 Å². The van der Waals surface area contributed by atoms with Gasteiger partial charge in [0, 0.05) is 6.54 Å². The average Bonchev–Trinajstić information content (AvgIpc) is 2.39. The van der Waals surface area contributed by atoms with Crippen LogP contribution in [0.1, 0.15) is 26.7 Å². The second-order valence-corrected chi connectivity index (χ2v) is 4.47. The highest BCUT2D eigenvalue weighted by Gasteiger charge is 2.12. The third kappa shape index (κ3) is 2.23. The zero-order valence-corrected chi connectivity index (χ0v) is 10.7. The van der Waals surface area contributed by atoms with Gasteiger partial charge in [-0.1, -0.05) is 38.8 Å². The van der Waals surface area contributed by atoms with Crippen LogP contribution in [0, 0.1) is 5.92 Å². The van der Waals surface area contributed by atoms with E-state index in [4.69, 9.17) is 4.42 Å². The van der Waals surface area contributed by atoms with Gasteiger partial charge < -0.3 is 4.42 Å². The molecule has 0 fully saturated rings. The topological polar surface area (TPSA) is 52.2 Å². The maximum absolute atomic E-state index is 11.8. The maximum atomic E-state index is 11.8. The number of benzene rings is 1. The summed E-state index contributed by atoms with van der Waals surface area (Å²) in [6.45, 7) is 4.79. The molecule has 0 saturated heterocycles. The number of fused-ring (bicyclic) bond motifs is 1. The quantitative estimate of drug-likeness (QED) is 0.833. The first-order valence-corrected chi connectivity index (χ1v) is 6.30. The molecule has 96 valence electrons. The summed E-state index contributed by atoms with van der Waals surface area (Å²) in [6, 6.07) is 7.07. The van der Waals surface area contributed by atoms with Crippen molar-refractivity contribution in [3.05, 3.63) is 45.2 Å². The fourth-order valence-corrected chi connectivity index (χ4v) is 2.15. The molecule has 0 aliphatic heterocycles. The van der Waals surface area contributed by atoms with Gasteiger partial charge in [-0.3, -0.25) is 4.57 Å². The molecule has 0 unspecified atom stereocenters. The minimum absolute atomic E-state index is 0.416. The lowest BCUT2D eigenvalue weighted by atomic mass is 10.0. The van der Waals surface area contributed by atoms with Crippen LogP contribution in [0.5, 0.6) is 0 Å². The van der Waals surface area contributed by atoms with E-state index < -0.39 is 11.4 Å². The van der Waals surface area contributed by atoms with Gasteiger partial charge in [0.25, 0.3) is 0 Å². The molecule has 0 radical (unpaired) electrons. The van der Waals surface area contributed by atoms with E-state index in [1.807, 2.05) is 6.07 Å². The zero-order chi connectivity index (χ0) is 13.1. The molecule has 4 nitrogen and oxygen atoms in total. The van der Waals surface area contributed by atoms with Crippen LogP contribution in [-0.4, -0.2) is 4.57 Å². The van der Waals surface area contributed by atoms with Crippen LogP contribution in [0.3, 0.4) is 0 Å². The number of para-hydroxylation sites is 1. The summed E-state index contributed by atoms with van der Waals surface area (Å²) in [5.74, 6) is -0.149. The molecule has 2 aromatic rings. The normalized spacial score (nSPS) is 11.3. The lowest BCUT2D eigenvalue weighted by molar-refractivity contribution is 0.360. The van der Waals surface area contributed by atoms with Gasteiger partial charge in [-0.2, -0.15) is 0 Å². The number of hydrogen-bond donors (Lipinski definition) is 0. The Morgan fingerprint density at radius 3 is 2.50 bits per heavy atom. The molecule has 0 atom stereocenters. The van der Waals surface area contributed by atoms with Crippen LogP contribution in [0.4, 0.5) is 0 Å². The fourth-order valence-electron chi connectivity index (χ4n) is 2.15. The van der Waals surface area contributed by atoms with Crippen molar-refractivity contribution in [2.45, 2.75) is 33.2 Å². The minimum atomic E-state index is -0.564. The van der Waals surface area contributed by atoms with Crippen molar-refractivity contribution in [1.82, 2.24) is 4.57 Å². The predicted octanol–water partition coefficient (Wildman–Crippen LogP) is 2.39. The molecule has 18 heavy (non-hydrogen) atoms. The fraction of sp³-hybridized carbons (Fsp3) is 0.429. The Morgan fingerprint density at radius 1 is 1.17 bits per heavy atom. The zero-order valence-electron chi connectivity index (χ0n) is 10.7. The molecule has 2 rings (SSSR count). The van der Waals surface area contributed by atoms with E-state index in [1.54, 1.807) is 22.8 Å². The van der Waals surface area contributed by atoms with E-state index in [2.05, 4.69) is 13.8 Å². The van der Waals surface area contributed by atoms with Crippen molar-refractivity contribution >= 4 is 10.9 Å². The standard InChI is InChI=1S/C14H17NO3/c1-3-10(4-2)9-15-12-8-6-5-7-11(12)13(16)18-14(15)17/h5-8,10H,3-4,9H2,1-2H3. The number of nitrogens with zero attached hydrogens (tertiary/aromatic N) is 1. The van der Waals surface area contributed by atoms with Gasteiger partial charge in [0.05, 0.1) is 10.9 Å². The van der Waals surface area contributed by atoms with Crippen molar-refractivity contribution in [1.29, 1.82) is 0 Å². The maximum Gasteiger partial charge on any atom is 0.422 e. The largest absolute Gasteiger partial charge is 0.422 e. The van der Waals surface area contributed by atoms with Crippen molar-refractivity contribution in [3.8, 4) is 0 Å². The summed E-state index contributed by atoms with van der Waals surface area (Å²) in [6.07, 6.45) is 1.99. The molecule has 0 aliphatic carbocycles. The molecule has 0 aliphatic rings. The van der Waals surface area contributed by atoms with E-state index >= 15 is 0 Å². The molecule has 4 heteroatoms. The molecular weight excluding hydrogens is 230 g/mol. The second kappa shape index (κ2) is 5.21. The molecule has 1 aromatic carbocycles. The average molecular weight is 247 g/mol. The van der Waals surface area contributed by atoms with E-state index in [9.17, 15) is 9.59 Å². The van der Waals surface area contributed by atoms with E-state index in [0.29, 0.717) is 23.4 Å². The lowest BCUT2D eigenvalue weighted by Gasteiger charge is -2.15. The molecule has 0 spiro atoms. The van der Waals surface area contributed by atoms with Crippen LogP contribution in [0.25, 0.3) is 10.9 Å². The molecule has 0 bridgehead atoms. The highest BCUT2D eigenvalue weighted by molar-refractivity contribution is 5.77. The summed E-state index contributed by atoms with van der Waals surface area (Å²) in [7, 11) is 0. The van der Waals surface area contributed by atoms with Gasteiger partial charge in [0.15, 0.2) is 0 Å². The first-order valence-electron chi connectivity index (χ1n) is 6.30. The molecule has 0 N–H and O–H groups in total. The van der Waals surface area contributed by atoms with Gasteiger partial charge in [0.1, 0.15) is 0 Å². The summed E-state index contributed by atoms with van der Waals surface area (Å²) in [5, 5.41) is 0.461. The van der Waals surface area contributed by atoms with Gasteiger partial charge in [-0.15, -0.1) is 0 Å². The number of hydrogen-bond acceptors (Lipinski definition) is 3. The minimum Gasteiger partial charge on any atom is -0.372 e. The Kier molecular flexibility index (Phi) is 3.65. The Balaban J connectivity index is 2.63. The Labute approximate surface area is 105 Å². The lowest BCUT2D eigenvalue weighted by Crippen LogP contribution is -2.27. The van der Waals surface area contributed by atoms with Crippen LogP contribution in [-0.2, 0) is 6.54 Å². The van der Waals surface area contributed by atoms with Crippen LogP contribution in [0.2, 0.25) is 0 Å². The Bertz CT molecular complexity index is 650. The molecule has 1 aromatic heterocycles. The summed E-state index contributed by atoms with van der Waals surface area (Å²) in [5.41, 5.74) is 0.0991. The summed E-state index contributed by atoms with van der Waals surface area (Å²) < 4.78 is 6.33. The SMILES string of the molecule is CCC(CC)Cn1c(=O)oc(=O)c2ccccc21. The Morgan fingerprint density at radius 2 is 1.83 bits per heavy atom. The Hall–Kier alpha value is -1.84. The third-order valence-corrected chi connectivity index (χ3v) is 3.41. The molecule has 0 amide bonds. The van der Waals surface area contributed by atoms with Crippen molar-refractivity contribution in [3.63, 3.8) is 0 Å². The number of aromatic nitrogens is 1. The van der Waals surface area contributed by atoms with Gasteiger partial charge in [-0.25, -0.2) is 9.59 Å². The summed E-state index contributed by atoms with van der Waals surface area (Å²) >= 11 is 0. The summed E-state index contributed by atoms with van der Waals surface area (Å²) in [4.78, 5) is 23.4. The first-order chi connectivity index (χ1) is 8.67. The van der Waals surface area contributed by atoms with Crippen molar-refractivity contribution in [2.75, 3.05) is 0 Å². The van der Waals surface area contributed by atoms with Crippen LogP contribution < -0.4 is 11.4 Å². The monoisotopic (exact) mass is 247 g/mol. The van der Waals surface area contributed by atoms with E-state index in [-0.39, 0.29) is 0 Å². The van der Waals surface area contributed by atoms with Crippen LogP contribution >= 0.6 is 0 Å². The first kappa shape index (κ1) is 12.6. The highest BCUT2D eigenvalue weighted by Crippen LogP contribution is 2.13. The van der Waals surface area contributed by atoms with E-state index in [0.717, 1.165) is 12.8 Å². The molecule has 0 saturated carbocycles. The van der Waals surface area contributed by atoms with Gasteiger partial charge in [-0.05, 0) is 18.1 Å². The highest BCUT2D eigenvalue weighted by atomic mass is 16.4. The van der Waals surface area contributed by atoms with Gasteiger partial charge in [0.2, 0.25) is 0 Å². The molecule has 1 heterocycles. The van der Waals surface area contributed by atoms with Crippen LogP contribution in [0.15, 0.2) is 38.3 Å². The number of rotatable bonds is 4. The predicted molar refractivity (Wildman–Crippen MR) is 70.8 cm³/mol. The molecular formula is C14H17NO3. The second-order valence-electron chi connectivity index (χ2n) is 4.47. The van der Waals surface area contributed by atoms with Crippen molar-refractivity contribution in [2.24, 2.45) is 5.92 Å².